The molecule has 27 heavy (non-hydrogen) atoms. The molecule has 0 aliphatic heterocycles. The van der Waals surface area contributed by atoms with Crippen molar-refractivity contribution in [2.75, 3.05) is 6.54 Å². The van der Waals surface area contributed by atoms with Crippen LogP contribution >= 0.6 is 22.7 Å². The van der Waals surface area contributed by atoms with Gasteiger partial charge in [-0.1, -0.05) is 5.21 Å². The average molecular weight is 403 g/mol. The Bertz CT molecular complexity index is 962. The van der Waals surface area contributed by atoms with E-state index in [1.165, 1.54) is 22.7 Å². The Morgan fingerprint density at radius 3 is 2.04 bits per heavy atom. The van der Waals surface area contributed by atoms with Crippen LogP contribution in [0.4, 0.5) is 0 Å². The number of rotatable bonds is 5. The number of aryl methyl sites for hydroxylation is 2. The molecule has 7 N–H and O–H groups in total. The Labute approximate surface area is 161 Å². The van der Waals surface area contributed by atoms with E-state index in [9.17, 15) is 9.59 Å². The van der Waals surface area contributed by atoms with Crippen LogP contribution in [0.25, 0.3) is 0 Å². The summed E-state index contributed by atoms with van der Waals surface area (Å²) in [5.74, 6) is -0.507. The van der Waals surface area contributed by atoms with E-state index >= 15 is 0 Å². The normalized spacial score (nSPS) is 15.0. The van der Waals surface area contributed by atoms with Gasteiger partial charge in [0.1, 0.15) is 5.41 Å². The lowest BCUT2D eigenvalue weighted by atomic mass is 9.78. The number of amides is 2. The van der Waals surface area contributed by atoms with E-state index in [4.69, 9.17) is 17.2 Å². The summed E-state index contributed by atoms with van der Waals surface area (Å²) in [4.78, 5) is 26.4. The van der Waals surface area contributed by atoms with E-state index in [0.29, 0.717) is 41.4 Å². The number of carbonyl (C=O) groups is 2. The highest BCUT2D eigenvalue weighted by Gasteiger charge is 2.47. The molecule has 0 bridgehead atoms. The van der Waals surface area contributed by atoms with Crippen molar-refractivity contribution in [2.24, 2.45) is 17.2 Å². The van der Waals surface area contributed by atoms with E-state index in [1.807, 2.05) is 12.1 Å². The molecule has 9 nitrogen and oxygen atoms in total. The number of nitrogens with two attached hydrogens (primary N) is 3. The molecule has 0 radical (unpaired) electrons. The van der Waals surface area contributed by atoms with Crippen LogP contribution in [0.2, 0.25) is 0 Å². The second-order valence-corrected chi connectivity index (χ2v) is 8.44. The van der Waals surface area contributed by atoms with Gasteiger partial charge >= 0.3 is 0 Å². The average Bonchev–Trinajstić information content (AvgIpc) is 3.36. The third kappa shape index (κ3) is 2.66. The van der Waals surface area contributed by atoms with Gasteiger partial charge in [0, 0.05) is 9.75 Å². The molecule has 3 heterocycles. The molecule has 3 aromatic heterocycles. The third-order valence-corrected chi connectivity index (χ3v) is 7.50. The second kappa shape index (κ2) is 6.51. The van der Waals surface area contributed by atoms with Crippen LogP contribution in [-0.2, 0) is 18.3 Å². The van der Waals surface area contributed by atoms with E-state index in [1.54, 1.807) is 0 Å². The summed E-state index contributed by atoms with van der Waals surface area (Å²) in [5, 5.41) is 14.8. The highest BCUT2D eigenvalue weighted by atomic mass is 32.1. The van der Waals surface area contributed by atoms with E-state index < -0.39 is 17.2 Å². The number of hydrogen-bond acceptors (Lipinski definition) is 8. The van der Waals surface area contributed by atoms with E-state index in [0.717, 1.165) is 20.9 Å². The van der Waals surface area contributed by atoms with Gasteiger partial charge in [0.2, 0.25) is 0 Å². The fraction of sp³-hybridized carbons (Fsp3) is 0.312. The molecule has 0 saturated carbocycles. The number of nitrogens with zero attached hydrogens (tertiary/aromatic N) is 3. The van der Waals surface area contributed by atoms with Crippen LogP contribution in [0.5, 0.6) is 0 Å². The molecular formula is C16H17N7O2S2. The first-order chi connectivity index (χ1) is 13.0. The first kappa shape index (κ1) is 17.8. The van der Waals surface area contributed by atoms with E-state index in [-0.39, 0.29) is 0 Å². The van der Waals surface area contributed by atoms with Gasteiger partial charge in [0.15, 0.2) is 5.82 Å². The van der Waals surface area contributed by atoms with Crippen LogP contribution in [0.15, 0.2) is 12.1 Å². The van der Waals surface area contributed by atoms with Crippen molar-refractivity contribution in [3.8, 4) is 0 Å². The first-order valence-electron chi connectivity index (χ1n) is 8.27. The molecular weight excluding hydrogens is 386 g/mol. The lowest BCUT2D eigenvalue weighted by Gasteiger charge is -2.29. The van der Waals surface area contributed by atoms with Gasteiger partial charge in [-0.3, -0.25) is 9.59 Å². The molecule has 1 aliphatic rings. The zero-order chi connectivity index (χ0) is 19.2. The van der Waals surface area contributed by atoms with Crippen LogP contribution in [0, 0.1) is 0 Å². The van der Waals surface area contributed by atoms with Gasteiger partial charge in [-0.25, -0.2) is 0 Å². The zero-order valence-electron chi connectivity index (χ0n) is 14.2. The van der Waals surface area contributed by atoms with Crippen LogP contribution < -0.4 is 17.2 Å². The van der Waals surface area contributed by atoms with Crippen LogP contribution in [0.3, 0.4) is 0 Å². The molecule has 0 unspecified atom stereocenters. The van der Waals surface area contributed by atoms with Gasteiger partial charge in [-0.15, -0.1) is 32.9 Å². The van der Waals surface area contributed by atoms with Gasteiger partial charge in [0.05, 0.1) is 9.75 Å². The Morgan fingerprint density at radius 2 is 1.63 bits per heavy atom. The number of tetrazole rings is 1. The predicted molar refractivity (Wildman–Crippen MR) is 101 cm³/mol. The monoisotopic (exact) mass is 403 g/mol. The second-order valence-electron chi connectivity index (χ2n) is 6.34. The van der Waals surface area contributed by atoms with Crippen molar-refractivity contribution >= 4 is 34.5 Å². The van der Waals surface area contributed by atoms with Crippen LogP contribution in [-0.4, -0.2) is 39.0 Å². The van der Waals surface area contributed by atoms with Gasteiger partial charge in [-0.2, -0.15) is 5.21 Å². The lowest BCUT2D eigenvalue weighted by Crippen LogP contribution is -2.33. The number of fused-ring (bicyclic) bond motifs is 2. The number of thiophene rings is 2. The number of aromatic amines is 1. The molecule has 140 valence electrons. The summed E-state index contributed by atoms with van der Waals surface area (Å²) in [5.41, 5.74) is 18.2. The van der Waals surface area contributed by atoms with Gasteiger partial charge in [-0.05, 0) is 49.1 Å². The first-order valence-corrected chi connectivity index (χ1v) is 9.90. The fourth-order valence-electron chi connectivity index (χ4n) is 3.67. The maximum absolute atomic E-state index is 11.8. The highest BCUT2D eigenvalue weighted by molar-refractivity contribution is 7.16. The molecule has 0 fully saturated rings. The molecule has 0 aromatic carbocycles. The van der Waals surface area contributed by atoms with Crippen molar-refractivity contribution < 1.29 is 9.59 Å². The lowest BCUT2D eigenvalue weighted by molar-refractivity contribution is 0.0995. The molecule has 0 atom stereocenters. The minimum atomic E-state index is -0.806. The number of carbonyl (C=O) groups excluding carboxylic acids is 2. The molecule has 3 aromatic rings. The number of nitrogens with one attached hydrogen (secondary N) is 1. The minimum absolute atomic E-state index is 0.348. The van der Waals surface area contributed by atoms with Crippen molar-refractivity contribution in [3.63, 3.8) is 0 Å². The van der Waals surface area contributed by atoms with Gasteiger partial charge < -0.3 is 17.2 Å². The Hall–Kier alpha value is -2.63. The maximum Gasteiger partial charge on any atom is 0.258 e. The highest BCUT2D eigenvalue weighted by Crippen LogP contribution is 2.51. The zero-order valence-corrected chi connectivity index (χ0v) is 15.8. The number of aromatic nitrogens is 4. The van der Waals surface area contributed by atoms with Crippen molar-refractivity contribution in [1.29, 1.82) is 0 Å². The predicted octanol–water partition coefficient (Wildman–Crippen LogP) is 0.302. The summed E-state index contributed by atoms with van der Waals surface area (Å²) < 4.78 is 0. The van der Waals surface area contributed by atoms with Crippen molar-refractivity contribution in [2.45, 2.75) is 24.7 Å². The van der Waals surface area contributed by atoms with Crippen LogP contribution in [0.1, 0.15) is 52.5 Å². The SMILES string of the molecule is NCCC1(c2nn[nH]n2)c2sc(C(N)=O)cc2CCc2cc(C(N)=O)sc21. The summed E-state index contributed by atoms with van der Waals surface area (Å²) in [6, 6.07) is 3.67. The quantitative estimate of drug-likeness (QED) is 0.478. The smallest absolute Gasteiger partial charge is 0.258 e. The number of H-pyrrole nitrogens is 1. The summed E-state index contributed by atoms with van der Waals surface area (Å²) in [7, 11) is 0. The molecule has 2 amide bonds. The molecule has 4 rings (SSSR count). The van der Waals surface area contributed by atoms with Gasteiger partial charge in [0.25, 0.3) is 11.8 Å². The minimum Gasteiger partial charge on any atom is -0.365 e. The van der Waals surface area contributed by atoms with E-state index in [2.05, 4.69) is 20.6 Å². The molecule has 0 spiro atoms. The third-order valence-electron chi connectivity index (χ3n) is 4.79. The summed E-state index contributed by atoms with van der Waals surface area (Å²) in [6.07, 6.45) is 1.89. The topological polar surface area (TPSA) is 167 Å². The summed E-state index contributed by atoms with van der Waals surface area (Å²) in [6.45, 7) is 0.348. The Kier molecular flexibility index (Phi) is 4.29. The fourth-order valence-corrected chi connectivity index (χ4v) is 6.30. The standard InChI is InChI=1S/C16H17N7O2S2/c17-4-3-16(15-20-22-23-21-15)11-7(5-9(26-11)13(18)24)1-2-8-6-10(14(19)25)27-12(8)16/h5-6H,1-4,17H2,(H2,18,24)(H2,19,25)(H,20,21,22,23). The van der Waals surface area contributed by atoms with Crippen molar-refractivity contribution in [1.82, 2.24) is 20.6 Å². The number of hydrogen-bond donors (Lipinski definition) is 4. The van der Waals surface area contributed by atoms with Crippen molar-refractivity contribution in [3.05, 3.63) is 48.6 Å². The largest absolute Gasteiger partial charge is 0.365 e. The molecule has 11 heteroatoms. The summed E-state index contributed by atoms with van der Waals surface area (Å²) >= 11 is 2.64. The Balaban J connectivity index is 2.06. The maximum atomic E-state index is 11.8. The molecule has 0 saturated heterocycles. The Morgan fingerprint density at radius 1 is 1.07 bits per heavy atom. The molecule has 1 aliphatic carbocycles. The number of primary amides is 2.